The predicted octanol–water partition coefficient (Wildman–Crippen LogP) is 4.88. The van der Waals surface area contributed by atoms with Gasteiger partial charge in [0.05, 0.1) is 5.57 Å². The van der Waals surface area contributed by atoms with Crippen LogP contribution < -0.4 is 4.74 Å². The van der Waals surface area contributed by atoms with Gasteiger partial charge in [0.25, 0.3) is 0 Å². The smallest absolute Gasteiger partial charge is 0.430 e. The van der Waals surface area contributed by atoms with Gasteiger partial charge in [-0.1, -0.05) is 23.2 Å². The van der Waals surface area contributed by atoms with Crippen molar-refractivity contribution in [2.24, 2.45) is 0 Å². The minimum Gasteiger partial charge on any atom is -0.507 e. The number of aromatic hydroxyl groups is 1. The third kappa shape index (κ3) is 5.55. The first kappa shape index (κ1) is 22.4. The minimum absolute atomic E-state index is 0.0881. The van der Waals surface area contributed by atoms with Crippen LogP contribution in [-0.4, -0.2) is 39.5 Å². The molecule has 0 radical (unpaired) electrons. The van der Waals surface area contributed by atoms with E-state index in [1.165, 1.54) is 36.4 Å². The number of rotatable bonds is 2. The van der Waals surface area contributed by atoms with Crippen LogP contribution in [0.25, 0.3) is 6.08 Å². The molecule has 11 heteroatoms. The minimum atomic E-state index is -4.80. The summed E-state index contributed by atoms with van der Waals surface area (Å²) in [6, 6.07) is 7.89. The molecule has 154 valence electrons. The number of alkyl halides is 3. The van der Waals surface area contributed by atoms with E-state index in [-0.39, 0.29) is 27.6 Å². The van der Waals surface area contributed by atoms with Crippen LogP contribution in [0.15, 0.2) is 42.0 Å². The van der Waals surface area contributed by atoms with Gasteiger partial charge in [-0.15, -0.1) is 0 Å². The highest BCUT2D eigenvalue weighted by Gasteiger charge is 2.48. The number of benzene rings is 2. The maximum Gasteiger partial charge on any atom is 0.430 e. The molecule has 1 unspecified atom stereocenters. The predicted molar refractivity (Wildman–Crippen MR) is 97.6 cm³/mol. The number of halogens is 5. The van der Waals surface area contributed by atoms with Crippen molar-refractivity contribution in [3.63, 3.8) is 0 Å². The van der Waals surface area contributed by atoms with E-state index in [9.17, 15) is 22.8 Å². The Bertz CT molecular complexity index is 988. The molecule has 2 aromatic carbocycles. The number of carboxylic acids is 2. The fraction of sp³-hybridized carbons (Fsp3) is 0.111. The Hall–Kier alpha value is -2.91. The standard InChI is InChI=1S/C11H6ClF3O3.C7H5ClO3/c12-6-2-1-5-3-7(10(16)17)9(11(13,14)15)18-8(5)4-6;8-4-1-2-5(7(10)11)6(9)3-4/h1-4,9H,(H,16,17);1-3,9H,(H,10,11). The number of hydrogen-bond donors (Lipinski definition) is 3. The van der Waals surface area contributed by atoms with Crippen LogP contribution in [0, 0.1) is 0 Å². The Morgan fingerprint density at radius 3 is 2.07 bits per heavy atom. The zero-order valence-corrected chi connectivity index (χ0v) is 15.6. The van der Waals surface area contributed by atoms with E-state index < -0.39 is 29.8 Å². The summed E-state index contributed by atoms with van der Waals surface area (Å²) < 4.78 is 42.7. The molecule has 1 heterocycles. The third-order valence-electron chi connectivity index (χ3n) is 3.55. The summed E-state index contributed by atoms with van der Waals surface area (Å²) in [6.45, 7) is 0. The van der Waals surface area contributed by atoms with E-state index in [4.69, 9.17) is 43.3 Å². The monoisotopic (exact) mass is 450 g/mol. The number of aromatic carboxylic acids is 1. The van der Waals surface area contributed by atoms with E-state index in [0.29, 0.717) is 5.02 Å². The molecular weight excluding hydrogens is 440 g/mol. The Kier molecular flexibility index (Phi) is 6.66. The molecule has 6 nitrogen and oxygen atoms in total. The number of ether oxygens (including phenoxy) is 1. The van der Waals surface area contributed by atoms with Crippen molar-refractivity contribution in [3.8, 4) is 11.5 Å². The Labute approximate surface area is 171 Å². The lowest BCUT2D eigenvalue weighted by molar-refractivity contribution is -0.187. The van der Waals surface area contributed by atoms with Crippen molar-refractivity contribution in [2.75, 3.05) is 0 Å². The van der Waals surface area contributed by atoms with Gasteiger partial charge in [-0.3, -0.25) is 0 Å². The van der Waals surface area contributed by atoms with Crippen molar-refractivity contribution in [3.05, 3.63) is 63.1 Å². The highest BCUT2D eigenvalue weighted by Crippen LogP contribution is 2.38. The second-order valence-corrected chi connectivity index (χ2v) is 6.47. The zero-order chi connectivity index (χ0) is 21.9. The average Bonchev–Trinajstić information content (AvgIpc) is 2.59. The van der Waals surface area contributed by atoms with Gasteiger partial charge in [-0.05, 0) is 42.5 Å². The van der Waals surface area contributed by atoms with E-state index in [1.54, 1.807) is 0 Å². The van der Waals surface area contributed by atoms with Crippen LogP contribution in [0.2, 0.25) is 10.0 Å². The van der Waals surface area contributed by atoms with Crippen LogP contribution in [-0.2, 0) is 4.79 Å². The van der Waals surface area contributed by atoms with E-state index in [0.717, 1.165) is 6.08 Å². The normalized spacial score (nSPS) is 15.2. The van der Waals surface area contributed by atoms with Gasteiger partial charge in [0.2, 0.25) is 6.10 Å². The fourth-order valence-electron chi connectivity index (χ4n) is 2.27. The number of aliphatic carboxylic acids is 1. The summed E-state index contributed by atoms with van der Waals surface area (Å²) in [5, 5.41) is 26.8. The first-order valence-corrected chi connectivity index (χ1v) is 8.35. The summed E-state index contributed by atoms with van der Waals surface area (Å²) in [7, 11) is 0. The van der Waals surface area contributed by atoms with E-state index in [2.05, 4.69) is 0 Å². The van der Waals surface area contributed by atoms with Crippen LogP contribution in [0.4, 0.5) is 13.2 Å². The fourth-order valence-corrected chi connectivity index (χ4v) is 2.59. The molecule has 3 rings (SSSR count). The van der Waals surface area contributed by atoms with Crippen molar-refractivity contribution < 1.29 is 42.8 Å². The second-order valence-electron chi connectivity index (χ2n) is 5.59. The molecule has 2 aromatic rings. The van der Waals surface area contributed by atoms with Gasteiger partial charge >= 0.3 is 18.1 Å². The molecule has 0 saturated carbocycles. The molecule has 0 bridgehead atoms. The lowest BCUT2D eigenvalue weighted by atomic mass is 10.0. The van der Waals surface area contributed by atoms with Crippen molar-refractivity contribution in [1.82, 2.24) is 0 Å². The molecule has 0 aliphatic carbocycles. The zero-order valence-electron chi connectivity index (χ0n) is 14.1. The number of carboxylic acid groups (broad SMARTS) is 2. The quantitative estimate of drug-likeness (QED) is 0.602. The van der Waals surface area contributed by atoms with Crippen molar-refractivity contribution in [2.45, 2.75) is 12.3 Å². The van der Waals surface area contributed by atoms with E-state index >= 15 is 0 Å². The molecule has 0 amide bonds. The average molecular weight is 451 g/mol. The molecule has 29 heavy (non-hydrogen) atoms. The first-order valence-electron chi connectivity index (χ1n) is 7.59. The van der Waals surface area contributed by atoms with Gasteiger partial charge in [-0.2, -0.15) is 13.2 Å². The summed E-state index contributed by atoms with van der Waals surface area (Å²) >= 11 is 11.1. The molecule has 0 spiro atoms. The number of fused-ring (bicyclic) bond motifs is 1. The maximum absolute atomic E-state index is 12.7. The molecule has 1 aliphatic heterocycles. The summed E-state index contributed by atoms with van der Waals surface area (Å²) in [5.41, 5.74) is -0.746. The maximum atomic E-state index is 12.7. The van der Waals surface area contributed by atoms with Crippen LogP contribution in [0.3, 0.4) is 0 Å². The first-order chi connectivity index (χ1) is 13.4. The molecule has 0 fully saturated rings. The van der Waals surface area contributed by atoms with Gasteiger partial charge in [0.1, 0.15) is 17.1 Å². The summed E-state index contributed by atoms with van der Waals surface area (Å²) in [6.07, 6.45) is -6.35. The highest BCUT2D eigenvalue weighted by molar-refractivity contribution is 6.31. The third-order valence-corrected chi connectivity index (χ3v) is 4.02. The topological polar surface area (TPSA) is 104 Å². The molecule has 1 atom stereocenters. The molecule has 0 aromatic heterocycles. The molecule has 0 saturated heterocycles. The largest absolute Gasteiger partial charge is 0.507 e. The van der Waals surface area contributed by atoms with Crippen LogP contribution in [0.1, 0.15) is 15.9 Å². The molecule has 1 aliphatic rings. The van der Waals surface area contributed by atoms with Gasteiger partial charge in [0.15, 0.2) is 0 Å². The van der Waals surface area contributed by atoms with Crippen LogP contribution in [0.5, 0.6) is 11.5 Å². The molecular formula is C18H11Cl2F3O6. The SMILES string of the molecule is O=C(O)C1=Cc2ccc(Cl)cc2OC1C(F)(F)F.O=C(O)c1ccc(Cl)cc1O. The van der Waals surface area contributed by atoms with Gasteiger partial charge in [-0.25, -0.2) is 9.59 Å². The van der Waals surface area contributed by atoms with Crippen molar-refractivity contribution in [1.29, 1.82) is 0 Å². The second kappa shape index (κ2) is 8.62. The highest BCUT2D eigenvalue weighted by atomic mass is 35.5. The van der Waals surface area contributed by atoms with Crippen molar-refractivity contribution >= 4 is 41.2 Å². The number of phenols is 1. The van der Waals surface area contributed by atoms with Gasteiger partial charge in [0, 0.05) is 15.6 Å². The Morgan fingerprint density at radius 1 is 0.966 bits per heavy atom. The number of carbonyl (C=O) groups is 2. The summed E-state index contributed by atoms with van der Waals surface area (Å²) in [4.78, 5) is 21.1. The molecule has 3 N–H and O–H groups in total. The Morgan fingerprint density at radius 2 is 1.55 bits per heavy atom. The van der Waals surface area contributed by atoms with Gasteiger partial charge < -0.3 is 20.1 Å². The lowest BCUT2D eigenvalue weighted by Gasteiger charge is -2.27. The number of hydrogen-bond acceptors (Lipinski definition) is 4. The summed E-state index contributed by atoms with van der Waals surface area (Å²) in [5.74, 6) is -3.24. The van der Waals surface area contributed by atoms with Crippen LogP contribution >= 0.6 is 23.2 Å². The Balaban J connectivity index is 0.000000234. The van der Waals surface area contributed by atoms with E-state index in [1.807, 2.05) is 0 Å². The lowest BCUT2D eigenvalue weighted by Crippen LogP contribution is -2.40.